The summed E-state index contributed by atoms with van der Waals surface area (Å²) >= 11 is 3.74. The lowest BCUT2D eigenvalue weighted by Crippen LogP contribution is -2.59. The number of rotatable bonds is 18. The Balaban J connectivity index is 1.88. The van der Waals surface area contributed by atoms with E-state index in [0.717, 1.165) is 0 Å². The van der Waals surface area contributed by atoms with Crippen molar-refractivity contribution in [3.63, 3.8) is 0 Å². The van der Waals surface area contributed by atoms with Crippen LogP contribution in [0.2, 0.25) is 0 Å². The number of amides is 6. The molecular formula is C34H38N6O8S. The molecule has 0 aliphatic rings. The molecule has 0 unspecified atom stereocenters. The highest BCUT2D eigenvalue weighted by molar-refractivity contribution is 7.96. The topological polar surface area (TPSA) is 240 Å². The summed E-state index contributed by atoms with van der Waals surface area (Å²) in [6, 6.07) is 17.5. The van der Waals surface area contributed by atoms with Crippen LogP contribution in [0.4, 0.5) is 0 Å². The van der Waals surface area contributed by atoms with Crippen LogP contribution in [0.3, 0.4) is 0 Å². The number of benzene rings is 3. The zero-order chi connectivity index (χ0) is 35.9. The molecule has 49 heavy (non-hydrogen) atoms. The van der Waals surface area contributed by atoms with E-state index >= 15 is 0 Å². The summed E-state index contributed by atoms with van der Waals surface area (Å²) < 4.78 is 0. The van der Waals surface area contributed by atoms with E-state index < -0.39 is 71.1 Å². The molecule has 0 bridgehead atoms. The number of thiol groups is 1. The summed E-state index contributed by atoms with van der Waals surface area (Å²) in [6.45, 7) is 0. The number of hydrogen-bond donors (Lipinski definition) is 8. The maximum absolute atomic E-state index is 13.8. The van der Waals surface area contributed by atoms with Gasteiger partial charge in [0.25, 0.3) is 5.91 Å². The van der Waals surface area contributed by atoms with Gasteiger partial charge in [0.05, 0.1) is 12.5 Å². The largest absolute Gasteiger partial charge is 0.508 e. The lowest BCUT2D eigenvalue weighted by molar-refractivity contribution is -0.134. The Hall–Kier alpha value is -5.70. The molecule has 14 nitrogen and oxygen atoms in total. The van der Waals surface area contributed by atoms with Crippen molar-refractivity contribution in [2.45, 2.75) is 56.3 Å². The number of primary amides is 2. The Morgan fingerprint density at radius 3 is 1.59 bits per heavy atom. The number of phenolic OH excluding ortho intramolecular Hbond substituents is 1. The van der Waals surface area contributed by atoms with Crippen LogP contribution in [0, 0.1) is 0 Å². The maximum Gasteiger partial charge on any atom is 0.251 e. The summed E-state index contributed by atoms with van der Waals surface area (Å²) in [6.07, 6.45) is -1.16. The summed E-state index contributed by atoms with van der Waals surface area (Å²) in [5, 5.41) is 19.1. The molecule has 9 N–H and O–H groups in total. The minimum Gasteiger partial charge on any atom is -0.508 e. The third-order valence-corrected chi connectivity index (χ3v) is 7.59. The van der Waals surface area contributed by atoms with Crippen molar-refractivity contribution in [2.24, 2.45) is 11.5 Å². The molecule has 0 radical (unpaired) electrons. The van der Waals surface area contributed by atoms with Crippen LogP contribution in [-0.4, -0.2) is 69.8 Å². The molecule has 3 aromatic carbocycles. The molecular weight excluding hydrogens is 652 g/mol. The summed E-state index contributed by atoms with van der Waals surface area (Å²) in [4.78, 5) is 89.0. The number of hydrogen-bond acceptors (Lipinski definition) is 8. The predicted molar refractivity (Wildman–Crippen MR) is 182 cm³/mol. The number of carbonyl (C=O) groups excluding carboxylic acids is 7. The van der Waals surface area contributed by atoms with Gasteiger partial charge in [-0.2, -0.15) is 0 Å². The number of nitrogens with two attached hydrogens (primary N) is 2. The van der Waals surface area contributed by atoms with Crippen molar-refractivity contribution in [2.75, 3.05) is 0 Å². The zero-order valence-electron chi connectivity index (χ0n) is 26.3. The molecule has 6 amide bonds. The average Bonchev–Trinajstić information content (AvgIpc) is 3.06. The maximum atomic E-state index is 13.8. The van der Waals surface area contributed by atoms with Gasteiger partial charge in [-0.25, -0.2) is 0 Å². The van der Waals surface area contributed by atoms with Crippen molar-refractivity contribution in [1.82, 2.24) is 21.3 Å². The van der Waals surface area contributed by atoms with E-state index in [1.807, 2.05) is 0 Å². The summed E-state index contributed by atoms with van der Waals surface area (Å²) in [5.41, 5.74) is 12.0. The molecule has 4 atom stereocenters. The van der Waals surface area contributed by atoms with Gasteiger partial charge in [0.2, 0.25) is 34.7 Å². The van der Waals surface area contributed by atoms with E-state index in [2.05, 4.69) is 33.9 Å². The number of phenols is 1. The molecule has 258 valence electrons. The smallest absolute Gasteiger partial charge is 0.251 e. The highest BCUT2D eigenvalue weighted by Gasteiger charge is 2.32. The van der Waals surface area contributed by atoms with Gasteiger partial charge in [-0.05, 0) is 41.8 Å². The Kier molecular flexibility index (Phi) is 14.3. The van der Waals surface area contributed by atoms with E-state index in [1.165, 1.54) is 12.1 Å². The fourth-order valence-electron chi connectivity index (χ4n) is 4.74. The van der Waals surface area contributed by atoms with E-state index in [4.69, 9.17) is 11.5 Å². The van der Waals surface area contributed by atoms with Crippen LogP contribution < -0.4 is 32.7 Å². The minimum absolute atomic E-state index is 0.00476. The number of nitrogens with one attached hydrogen (secondary N) is 4. The first kappa shape index (κ1) is 37.8. The quantitative estimate of drug-likeness (QED) is 0.0845. The minimum atomic E-state index is -1.57. The predicted octanol–water partition coefficient (Wildman–Crippen LogP) is 0.0277. The molecule has 0 saturated carbocycles. The molecule has 15 heteroatoms. The Labute approximate surface area is 287 Å². The molecule has 3 rings (SSSR count). The van der Waals surface area contributed by atoms with Crippen LogP contribution in [0.5, 0.6) is 5.75 Å². The Morgan fingerprint density at radius 1 is 0.592 bits per heavy atom. The molecule has 0 heterocycles. The van der Waals surface area contributed by atoms with Crippen molar-refractivity contribution in [3.8, 4) is 5.75 Å². The van der Waals surface area contributed by atoms with E-state index in [0.29, 0.717) is 16.7 Å². The Bertz CT molecular complexity index is 1640. The SMILES string of the molecule is NC(=O)CC[C@H](NC(=O)[C@H](CC(N)=O)NC(=O)[C@H](Cc1ccccc1)NC(=O)[C@@H](Cc1ccc(O)cc1)NC(=O)c1ccccc1)C(=O)S. The van der Waals surface area contributed by atoms with Gasteiger partial charge in [-0.3, -0.25) is 33.6 Å². The molecule has 0 aliphatic heterocycles. The second-order valence-electron chi connectivity index (χ2n) is 11.1. The highest BCUT2D eigenvalue weighted by atomic mass is 32.1. The van der Waals surface area contributed by atoms with Gasteiger partial charge < -0.3 is 37.8 Å². The fourth-order valence-corrected chi connectivity index (χ4v) is 4.93. The normalized spacial score (nSPS) is 13.1. The third kappa shape index (κ3) is 12.8. The van der Waals surface area contributed by atoms with Crippen molar-refractivity contribution in [3.05, 3.63) is 102 Å². The highest BCUT2D eigenvalue weighted by Crippen LogP contribution is 2.13. The molecule has 0 spiro atoms. The first-order valence-electron chi connectivity index (χ1n) is 15.2. The third-order valence-electron chi connectivity index (χ3n) is 7.28. The van der Waals surface area contributed by atoms with Crippen LogP contribution in [0.1, 0.15) is 40.7 Å². The second kappa shape index (κ2) is 18.6. The number of aromatic hydroxyl groups is 1. The van der Waals surface area contributed by atoms with Crippen LogP contribution in [-0.2, 0) is 41.6 Å². The fraction of sp³-hybridized carbons (Fsp3) is 0.265. The van der Waals surface area contributed by atoms with Crippen molar-refractivity contribution in [1.29, 1.82) is 0 Å². The average molecular weight is 691 g/mol. The molecule has 0 fully saturated rings. The summed E-state index contributed by atoms with van der Waals surface area (Å²) in [5.74, 6) is -4.80. The van der Waals surface area contributed by atoms with Gasteiger partial charge in [-0.1, -0.05) is 60.7 Å². The molecule has 0 saturated heterocycles. The molecule has 0 aliphatic carbocycles. The van der Waals surface area contributed by atoms with Gasteiger partial charge in [-0.15, -0.1) is 12.6 Å². The number of carbonyl (C=O) groups is 7. The zero-order valence-corrected chi connectivity index (χ0v) is 27.2. The van der Waals surface area contributed by atoms with Gasteiger partial charge in [0.15, 0.2) is 0 Å². The van der Waals surface area contributed by atoms with Crippen LogP contribution in [0.15, 0.2) is 84.9 Å². The first-order valence-corrected chi connectivity index (χ1v) is 15.6. The summed E-state index contributed by atoms with van der Waals surface area (Å²) in [7, 11) is 0. The molecule has 3 aromatic rings. The van der Waals surface area contributed by atoms with Crippen molar-refractivity contribution >= 4 is 53.2 Å². The van der Waals surface area contributed by atoms with Crippen LogP contribution in [0.25, 0.3) is 0 Å². The standard InChI is InChI=1S/C34H38N6O8S/c35-28(42)16-15-24(34(48)49)37-33(47)27(19-29(36)43)40-32(46)26(17-20-7-3-1-4-8-20)39-31(45)25(18-21-11-13-23(41)14-12-21)38-30(44)22-9-5-2-6-10-22/h1-14,24-27,41H,15-19H2,(H2,35,42)(H2,36,43)(H,37,47)(H,38,44)(H,39,45)(H,40,46)(H,48,49)/t24-,25+,26-,27-/m0/s1. The molecule has 0 aromatic heterocycles. The van der Waals surface area contributed by atoms with E-state index in [1.54, 1.807) is 72.8 Å². The van der Waals surface area contributed by atoms with Gasteiger partial charge in [0, 0.05) is 24.8 Å². The second-order valence-corrected chi connectivity index (χ2v) is 11.6. The van der Waals surface area contributed by atoms with Gasteiger partial charge in [0.1, 0.15) is 23.9 Å². The first-order chi connectivity index (χ1) is 23.3. The van der Waals surface area contributed by atoms with Gasteiger partial charge >= 0.3 is 0 Å². The Morgan fingerprint density at radius 2 is 1.06 bits per heavy atom. The van der Waals surface area contributed by atoms with E-state index in [9.17, 15) is 38.7 Å². The lowest BCUT2D eigenvalue weighted by atomic mass is 10.0. The lowest BCUT2D eigenvalue weighted by Gasteiger charge is -2.26. The van der Waals surface area contributed by atoms with Crippen molar-refractivity contribution < 1.29 is 38.7 Å². The monoisotopic (exact) mass is 690 g/mol. The van der Waals surface area contributed by atoms with E-state index in [-0.39, 0.29) is 31.4 Å². The van der Waals surface area contributed by atoms with Crippen LogP contribution >= 0.6 is 12.6 Å².